The number of nitrogens with zero attached hydrogens (tertiary/aromatic N) is 2. The summed E-state index contributed by atoms with van der Waals surface area (Å²) in [4.78, 5) is 7.13. The smallest absolute Gasteiger partial charge is 0.204 e. The lowest BCUT2D eigenvalue weighted by Gasteiger charge is -2.40. The van der Waals surface area contributed by atoms with Gasteiger partial charge >= 0.3 is 0 Å². The molecule has 0 amide bonds. The average molecular weight is 263 g/mol. The molecule has 0 fully saturated rings. The Hall–Kier alpha value is -2.29. The number of aliphatic imine (C=N–C) groups is 1. The van der Waals surface area contributed by atoms with Crippen LogP contribution in [0.3, 0.4) is 0 Å². The third-order valence-corrected chi connectivity index (χ3v) is 4.20. The van der Waals surface area contributed by atoms with Gasteiger partial charge in [0.05, 0.1) is 11.7 Å². The zero-order chi connectivity index (χ0) is 13.7. The van der Waals surface area contributed by atoms with Gasteiger partial charge in [-0.25, -0.2) is 4.99 Å². The highest BCUT2D eigenvalue weighted by Crippen LogP contribution is 2.38. The van der Waals surface area contributed by atoms with E-state index in [-0.39, 0.29) is 0 Å². The van der Waals surface area contributed by atoms with Crippen LogP contribution in [0.2, 0.25) is 0 Å². The highest BCUT2D eigenvalue weighted by atomic mass is 15.3. The molecule has 2 aromatic rings. The maximum Gasteiger partial charge on any atom is 0.204 e. The molecular formula is C17H17N3. The fourth-order valence-corrected chi connectivity index (χ4v) is 3.07. The number of hydrogen-bond acceptors (Lipinski definition) is 3. The van der Waals surface area contributed by atoms with Gasteiger partial charge in [0.2, 0.25) is 5.96 Å². The Kier molecular flexibility index (Phi) is 2.36. The number of guanidine groups is 1. The van der Waals surface area contributed by atoms with Crippen LogP contribution in [0, 0.1) is 6.92 Å². The first kappa shape index (κ1) is 11.5. The molecule has 0 bridgehead atoms. The molecule has 20 heavy (non-hydrogen) atoms. The van der Waals surface area contributed by atoms with E-state index < -0.39 is 0 Å². The lowest BCUT2D eigenvalue weighted by molar-refractivity contribution is 0.319. The second kappa shape index (κ2) is 4.10. The van der Waals surface area contributed by atoms with Crippen LogP contribution in [-0.4, -0.2) is 10.9 Å². The van der Waals surface area contributed by atoms with Gasteiger partial charge in [-0.2, -0.15) is 0 Å². The minimum Gasteiger partial charge on any atom is -0.331 e. The zero-order valence-corrected chi connectivity index (χ0v) is 11.7. The SMILES string of the molecule is Cc1ccc2c(c1)CN1C(=N2)Nc2ccccc2C1C. The molecule has 1 atom stereocenters. The van der Waals surface area contributed by atoms with Crippen molar-refractivity contribution in [2.45, 2.75) is 26.4 Å². The van der Waals surface area contributed by atoms with Crippen LogP contribution >= 0.6 is 0 Å². The van der Waals surface area contributed by atoms with Gasteiger partial charge in [-0.3, -0.25) is 0 Å². The van der Waals surface area contributed by atoms with Crippen molar-refractivity contribution in [2.75, 3.05) is 5.32 Å². The standard InChI is InChI=1S/C17H17N3/c1-11-7-8-15-13(9-11)10-20-12(2)14-5-3-4-6-16(14)19-17(20)18-15/h3-9,12H,10H2,1-2H3,(H,18,19). The topological polar surface area (TPSA) is 27.6 Å². The van der Waals surface area contributed by atoms with Gasteiger partial charge in [-0.15, -0.1) is 0 Å². The molecule has 0 aliphatic carbocycles. The monoisotopic (exact) mass is 263 g/mol. The molecule has 4 rings (SSSR count). The van der Waals surface area contributed by atoms with E-state index in [1.807, 2.05) is 0 Å². The summed E-state index contributed by atoms with van der Waals surface area (Å²) in [7, 11) is 0. The van der Waals surface area contributed by atoms with Crippen LogP contribution in [0.4, 0.5) is 11.4 Å². The maximum atomic E-state index is 4.79. The minimum absolute atomic E-state index is 0.347. The van der Waals surface area contributed by atoms with Gasteiger partial charge in [0.1, 0.15) is 0 Å². The predicted octanol–water partition coefficient (Wildman–Crippen LogP) is 3.98. The molecule has 0 radical (unpaired) electrons. The van der Waals surface area contributed by atoms with Gasteiger partial charge in [-0.1, -0.05) is 35.9 Å². The summed E-state index contributed by atoms with van der Waals surface area (Å²) in [6.07, 6.45) is 0. The van der Waals surface area contributed by atoms with Crippen LogP contribution in [0.25, 0.3) is 0 Å². The van der Waals surface area contributed by atoms with Crippen LogP contribution in [0.1, 0.15) is 29.7 Å². The lowest BCUT2D eigenvalue weighted by Crippen LogP contribution is -2.43. The normalized spacial score (nSPS) is 19.4. The summed E-state index contributed by atoms with van der Waals surface area (Å²) >= 11 is 0. The Balaban J connectivity index is 1.83. The summed E-state index contributed by atoms with van der Waals surface area (Å²) in [5, 5.41) is 3.46. The van der Waals surface area contributed by atoms with E-state index >= 15 is 0 Å². The molecule has 0 aromatic heterocycles. The maximum absolute atomic E-state index is 4.79. The van der Waals surface area contributed by atoms with E-state index in [0.717, 1.165) is 18.2 Å². The molecule has 0 saturated carbocycles. The van der Waals surface area contributed by atoms with E-state index in [4.69, 9.17) is 4.99 Å². The third-order valence-electron chi connectivity index (χ3n) is 4.20. The van der Waals surface area contributed by atoms with Crippen molar-refractivity contribution in [2.24, 2.45) is 4.99 Å². The quantitative estimate of drug-likeness (QED) is 0.778. The Morgan fingerprint density at radius 3 is 2.95 bits per heavy atom. The molecule has 2 heterocycles. The fraction of sp³-hybridized carbons (Fsp3) is 0.235. The molecule has 1 N–H and O–H groups in total. The first-order valence-electron chi connectivity index (χ1n) is 7.03. The number of hydrogen-bond donors (Lipinski definition) is 1. The highest BCUT2D eigenvalue weighted by Gasteiger charge is 2.30. The number of para-hydroxylation sites is 1. The minimum atomic E-state index is 0.347. The first-order valence-corrected chi connectivity index (χ1v) is 7.03. The average Bonchev–Trinajstić information content (AvgIpc) is 2.46. The van der Waals surface area contributed by atoms with Crippen molar-refractivity contribution < 1.29 is 0 Å². The molecule has 2 aliphatic rings. The third kappa shape index (κ3) is 1.63. The van der Waals surface area contributed by atoms with Crippen molar-refractivity contribution in [1.29, 1.82) is 0 Å². The van der Waals surface area contributed by atoms with E-state index in [9.17, 15) is 0 Å². The van der Waals surface area contributed by atoms with Crippen molar-refractivity contribution in [3.8, 4) is 0 Å². The largest absolute Gasteiger partial charge is 0.331 e. The number of anilines is 1. The van der Waals surface area contributed by atoms with Crippen LogP contribution < -0.4 is 5.32 Å². The van der Waals surface area contributed by atoms with E-state index in [1.54, 1.807) is 0 Å². The molecule has 2 aliphatic heterocycles. The summed E-state index contributed by atoms with van der Waals surface area (Å²) in [5.74, 6) is 0.965. The Morgan fingerprint density at radius 1 is 1.20 bits per heavy atom. The van der Waals surface area contributed by atoms with Gasteiger partial charge in [0.25, 0.3) is 0 Å². The van der Waals surface area contributed by atoms with Gasteiger partial charge in [-0.05, 0) is 37.1 Å². The molecule has 3 nitrogen and oxygen atoms in total. The Bertz CT molecular complexity index is 718. The van der Waals surface area contributed by atoms with E-state index in [1.165, 1.54) is 22.4 Å². The molecule has 100 valence electrons. The first-order chi connectivity index (χ1) is 9.72. The highest BCUT2D eigenvalue weighted by molar-refractivity contribution is 5.99. The van der Waals surface area contributed by atoms with Crippen LogP contribution in [0.5, 0.6) is 0 Å². The molecule has 2 aromatic carbocycles. The second-order valence-corrected chi connectivity index (χ2v) is 5.58. The molecular weight excluding hydrogens is 246 g/mol. The summed E-state index contributed by atoms with van der Waals surface area (Å²) in [5.41, 5.74) is 6.19. The fourth-order valence-electron chi connectivity index (χ4n) is 3.07. The van der Waals surface area contributed by atoms with Crippen molar-refractivity contribution in [3.05, 3.63) is 59.2 Å². The van der Waals surface area contributed by atoms with Gasteiger partial charge in [0, 0.05) is 12.2 Å². The number of nitrogens with one attached hydrogen (secondary N) is 1. The van der Waals surface area contributed by atoms with Crippen LogP contribution in [-0.2, 0) is 6.54 Å². The summed E-state index contributed by atoms with van der Waals surface area (Å²) < 4.78 is 0. The molecule has 1 unspecified atom stereocenters. The Labute approximate surface area is 119 Å². The van der Waals surface area contributed by atoms with Crippen LogP contribution in [0.15, 0.2) is 47.5 Å². The number of fused-ring (bicyclic) bond motifs is 3. The Morgan fingerprint density at radius 2 is 2.05 bits per heavy atom. The number of rotatable bonds is 0. The van der Waals surface area contributed by atoms with Crippen molar-refractivity contribution in [3.63, 3.8) is 0 Å². The van der Waals surface area contributed by atoms with Crippen molar-refractivity contribution in [1.82, 2.24) is 4.90 Å². The number of aryl methyl sites for hydroxylation is 1. The molecule has 0 saturated heterocycles. The van der Waals surface area contributed by atoms with Gasteiger partial charge < -0.3 is 10.2 Å². The summed E-state index contributed by atoms with van der Waals surface area (Å²) in [6.45, 7) is 5.29. The van der Waals surface area contributed by atoms with E-state index in [2.05, 4.69) is 66.5 Å². The lowest BCUT2D eigenvalue weighted by atomic mass is 9.99. The zero-order valence-electron chi connectivity index (χ0n) is 11.7. The predicted molar refractivity (Wildman–Crippen MR) is 82.3 cm³/mol. The second-order valence-electron chi connectivity index (χ2n) is 5.58. The summed E-state index contributed by atoms with van der Waals surface area (Å²) in [6, 6.07) is 15.3. The van der Waals surface area contributed by atoms with Crippen molar-refractivity contribution >= 4 is 17.3 Å². The van der Waals surface area contributed by atoms with Gasteiger partial charge in [0.15, 0.2) is 0 Å². The molecule has 3 heteroatoms. The van der Waals surface area contributed by atoms with E-state index in [0.29, 0.717) is 6.04 Å². The molecule has 0 spiro atoms. The number of benzene rings is 2.